The van der Waals surface area contributed by atoms with Gasteiger partial charge >= 0.3 is 6.09 Å². The Morgan fingerprint density at radius 1 is 1.08 bits per heavy atom. The molecule has 0 bridgehead atoms. The van der Waals surface area contributed by atoms with E-state index >= 15 is 0 Å². The summed E-state index contributed by atoms with van der Waals surface area (Å²) < 4.78 is 13.7. The molecule has 4 aromatic rings. The predicted octanol–water partition coefficient (Wildman–Crippen LogP) is 7.31. The first-order valence-corrected chi connectivity index (χ1v) is 13.2. The van der Waals surface area contributed by atoms with Crippen molar-refractivity contribution in [3.05, 3.63) is 71.9 Å². The number of nitrogens with zero attached hydrogens (tertiary/aromatic N) is 4. The van der Waals surface area contributed by atoms with E-state index in [9.17, 15) is 15.3 Å². The minimum absolute atomic E-state index is 0.0846. The SMILES string of the molecule is C[C@@H](OC(=O)Nc1ccc(-c2c(C#N)c3cc(Oc4ncccc4C#N)ccc3n2C2CCC2)cc1)C1CC1. The van der Waals surface area contributed by atoms with Crippen LogP contribution >= 0.6 is 0 Å². The minimum Gasteiger partial charge on any atom is -0.446 e. The molecule has 0 radical (unpaired) electrons. The number of anilines is 1. The van der Waals surface area contributed by atoms with E-state index in [2.05, 4.69) is 27.0 Å². The van der Waals surface area contributed by atoms with Crippen LogP contribution in [0.5, 0.6) is 11.6 Å². The Labute approximate surface area is 226 Å². The van der Waals surface area contributed by atoms with E-state index in [4.69, 9.17) is 9.47 Å². The molecule has 0 unspecified atom stereocenters. The second-order valence-corrected chi connectivity index (χ2v) is 10.2. The molecule has 0 aliphatic heterocycles. The van der Waals surface area contributed by atoms with E-state index in [1.54, 1.807) is 18.3 Å². The molecular weight excluding hydrogens is 490 g/mol. The van der Waals surface area contributed by atoms with Crippen molar-refractivity contribution in [2.45, 2.75) is 51.2 Å². The van der Waals surface area contributed by atoms with E-state index in [0.717, 1.165) is 54.3 Å². The lowest BCUT2D eigenvalue weighted by Gasteiger charge is -2.30. The Bertz CT molecular complexity index is 1640. The number of benzene rings is 2. The van der Waals surface area contributed by atoms with Crippen molar-refractivity contribution in [1.29, 1.82) is 10.5 Å². The summed E-state index contributed by atoms with van der Waals surface area (Å²) in [5, 5.41) is 23.3. The van der Waals surface area contributed by atoms with Crippen molar-refractivity contribution in [3.63, 3.8) is 0 Å². The lowest BCUT2D eigenvalue weighted by Crippen LogP contribution is -2.21. The van der Waals surface area contributed by atoms with Crippen molar-refractivity contribution < 1.29 is 14.3 Å². The standard InChI is InChI=1S/C31H27N5O3/c1-19(20-7-8-20)38-31(37)35-23-11-9-21(10-12-23)29-27(18-33)26-16-25(39-30-22(17-32)4-3-15-34-30)13-14-28(26)36(29)24-5-2-6-24/h3-4,9-16,19-20,24H,2,5-8H2,1H3,(H,35,37)/t19-/m1/s1. The fourth-order valence-corrected chi connectivity index (χ4v) is 5.14. The van der Waals surface area contributed by atoms with Gasteiger partial charge < -0.3 is 14.0 Å². The molecule has 2 saturated carbocycles. The highest BCUT2D eigenvalue weighted by atomic mass is 16.6. The Hall–Kier alpha value is -4.82. The third-order valence-electron chi connectivity index (χ3n) is 7.62. The highest BCUT2D eigenvalue weighted by molar-refractivity contribution is 5.96. The zero-order chi connectivity index (χ0) is 26.9. The fourth-order valence-electron chi connectivity index (χ4n) is 5.14. The fraction of sp³-hybridized carbons (Fsp3) is 0.290. The van der Waals surface area contributed by atoms with Crippen LogP contribution in [0, 0.1) is 28.6 Å². The van der Waals surface area contributed by atoms with Crippen molar-refractivity contribution in [2.24, 2.45) is 5.92 Å². The van der Waals surface area contributed by atoms with Crippen molar-refractivity contribution >= 4 is 22.7 Å². The molecular formula is C31H27N5O3. The Morgan fingerprint density at radius 3 is 2.54 bits per heavy atom. The van der Waals surface area contributed by atoms with Gasteiger partial charge in [0.1, 0.15) is 29.6 Å². The van der Waals surface area contributed by atoms with E-state index < -0.39 is 6.09 Å². The van der Waals surface area contributed by atoms with Gasteiger partial charge in [0.25, 0.3) is 0 Å². The van der Waals surface area contributed by atoms with Crippen molar-refractivity contribution in [1.82, 2.24) is 9.55 Å². The van der Waals surface area contributed by atoms with Gasteiger partial charge in [-0.2, -0.15) is 10.5 Å². The molecule has 6 rings (SSSR count). The van der Waals surface area contributed by atoms with Crippen LogP contribution in [-0.4, -0.2) is 21.7 Å². The summed E-state index contributed by atoms with van der Waals surface area (Å²) in [5.74, 6) is 1.20. The Morgan fingerprint density at radius 2 is 1.87 bits per heavy atom. The number of aromatic nitrogens is 2. The number of pyridine rings is 1. The molecule has 194 valence electrons. The van der Waals surface area contributed by atoms with Gasteiger partial charge in [-0.05, 0) is 93.0 Å². The highest BCUT2D eigenvalue weighted by Gasteiger charge is 2.31. The number of nitriles is 2. The van der Waals surface area contributed by atoms with Gasteiger partial charge in [-0.25, -0.2) is 9.78 Å². The van der Waals surface area contributed by atoms with Crippen LogP contribution < -0.4 is 10.1 Å². The summed E-state index contributed by atoms with van der Waals surface area (Å²) in [5.41, 5.74) is 4.23. The molecule has 2 aliphatic carbocycles. The maximum atomic E-state index is 12.3. The van der Waals surface area contributed by atoms with Gasteiger partial charge in [0.05, 0.1) is 16.8 Å². The highest BCUT2D eigenvalue weighted by Crippen LogP contribution is 2.43. The normalized spacial score (nSPS) is 15.6. The first-order chi connectivity index (χ1) is 19.1. The molecule has 39 heavy (non-hydrogen) atoms. The zero-order valence-electron chi connectivity index (χ0n) is 21.6. The molecule has 1 amide bonds. The van der Waals surface area contributed by atoms with E-state index in [1.807, 2.05) is 49.4 Å². The molecule has 2 aromatic carbocycles. The number of nitrogens with one attached hydrogen (secondary N) is 1. The van der Waals surface area contributed by atoms with Crippen LogP contribution in [0.3, 0.4) is 0 Å². The second-order valence-electron chi connectivity index (χ2n) is 10.2. The van der Waals surface area contributed by atoms with Gasteiger partial charge in [-0.3, -0.25) is 5.32 Å². The zero-order valence-corrected chi connectivity index (χ0v) is 21.6. The quantitative estimate of drug-likeness (QED) is 0.275. The van der Waals surface area contributed by atoms with Gasteiger partial charge in [0.15, 0.2) is 0 Å². The average molecular weight is 518 g/mol. The summed E-state index contributed by atoms with van der Waals surface area (Å²) in [7, 11) is 0. The van der Waals surface area contributed by atoms with Crippen LogP contribution in [0.1, 0.15) is 56.2 Å². The molecule has 8 heteroatoms. The summed E-state index contributed by atoms with van der Waals surface area (Å²) >= 11 is 0. The Balaban J connectivity index is 1.34. The molecule has 8 nitrogen and oxygen atoms in total. The third-order valence-corrected chi connectivity index (χ3v) is 7.62. The second kappa shape index (κ2) is 10.2. The number of fused-ring (bicyclic) bond motifs is 1. The molecule has 1 atom stereocenters. The topological polar surface area (TPSA) is 113 Å². The van der Waals surface area contributed by atoms with Crippen LogP contribution in [-0.2, 0) is 4.74 Å². The van der Waals surface area contributed by atoms with Crippen LogP contribution in [0.15, 0.2) is 60.8 Å². The van der Waals surface area contributed by atoms with Crippen molar-refractivity contribution in [3.8, 4) is 35.0 Å². The lowest BCUT2D eigenvalue weighted by molar-refractivity contribution is 0.108. The number of ether oxygens (including phenoxy) is 2. The summed E-state index contributed by atoms with van der Waals surface area (Å²) in [6, 6.07) is 21.3. The van der Waals surface area contributed by atoms with E-state index in [0.29, 0.717) is 34.5 Å². The average Bonchev–Trinajstić information content (AvgIpc) is 3.72. The maximum Gasteiger partial charge on any atom is 0.411 e. The number of amides is 1. The largest absolute Gasteiger partial charge is 0.446 e. The monoisotopic (exact) mass is 517 g/mol. The minimum atomic E-state index is -0.455. The molecule has 2 aromatic heterocycles. The number of hydrogen-bond acceptors (Lipinski definition) is 6. The maximum absolute atomic E-state index is 12.3. The van der Waals surface area contributed by atoms with Crippen LogP contribution in [0.4, 0.5) is 10.5 Å². The van der Waals surface area contributed by atoms with Crippen LogP contribution in [0.25, 0.3) is 22.2 Å². The summed E-state index contributed by atoms with van der Waals surface area (Å²) in [6.45, 7) is 1.93. The molecule has 2 aliphatic rings. The molecule has 0 spiro atoms. The third kappa shape index (κ3) is 4.78. The molecule has 0 saturated heterocycles. The van der Waals surface area contributed by atoms with Gasteiger partial charge in [0.2, 0.25) is 5.88 Å². The summed E-state index contributed by atoms with van der Waals surface area (Å²) in [6.07, 6.45) is 6.49. The number of rotatable bonds is 7. The summed E-state index contributed by atoms with van der Waals surface area (Å²) in [4.78, 5) is 16.5. The molecule has 1 N–H and O–H groups in total. The molecule has 2 fully saturated rings. The number of hydrogen-bond donors (Lipinski definition) is 1. The number of carbonyl (C=O) groups excluding carboxylic acids is 1. The van der Waals surface area contributed by atoms with Gasteiger partial charge in [-0.15, -0.1) is 0 Å². The van der Waals surface area contributed by atoms with Gasteiger partial charge in [0, 0.05) is 23.3 Å². The number of carbonyl (C=O) groups is 1. The van der Waals surface area contributed by atoms with Crippen molar-refractivity contribution in [2.75, 3.05) is 5.32 Å². The van der Waals surface area contributed by atoms with E-state index in [1.165, 1.54) is 0 Å². The predicted molar refractivity (Wildman–Crippen MR) is 146 cm³/mol. The Kier molecular flexibility index (Phi) is 6.38. The molecule has 2 heterocycles. The van der Waals surface area contributed by atoms with E-state index in [-0.39, 0.29) is 12.0 Å². The first kappa shape index (κ1) is 24.5. The first-order valence-electron chi connectivity index (χ1n) is 13.2. The van der Waals surface area contributed by atoms with Gasteiger partial charge in [-0.1, -0.05) is 12.1 Å². The lowest BCUT2D eigenvalue weighted by atomic mass is 9.92. The van der Waals surface area contributed by atoms with Crippen LogP contribution in [0.2, 0.25) is 0 Å². The smallest absolute Gasteiger partial charge is 0.411 e.